The molecule has 12 heavy (non-hydrogen) atoms. The first-order valence-corrected chi connectivity index (χ1v) is 4.71. The zero-order valence-electron chi connectivity index (χ0n) is 5.92. The lowest BCUT2D eigenvalue weighted by Gasteiger charge is -2.04. The molecule has 0 aromatic heterocycles. The minimum Gasteiger partial charge on any atom is -0.772 e. The largest absolute Gasteiger partial charge is 0.772 e. The van der Waals surface area contributed by atoms with Crippen LogP contribution in [0.1, 0.15) is 5.56 Å². The van der Waals surface area contributed by atoms with Crippen molar-refractivity contribution in [3.8, 4) is 0 Å². The Morgan fingerprint density at radius 2 is 2.17 bits per heavy atom. The van der Waals surface area contributed by atoms with Crippen LogP contribution in [0.25, 0.3) is 0 Å². The molecule has 1 aromatic carbocycles. The van der Waals surface area contributed by atoms with Crippen molar-refractivity contribution in [3.63, 3.8) is 0 Å². The zero-order chi connectivity index (χ0) is 9.14. The maximum atomic E-state index is 12.6. The monoisotopic (exact) mass is 207 g/mol. The van der Waals surface area contributed by atoms with E-state index < -0.39 is 16.9 Å². The molecule has 0 aliphatic rings. The second kappa shape index (κ2) is 3.98. The molecule has 0 saturated heterocycles. The van der Waals surface area contributed by atoms with Crippen molar-refractivity contribution in [1.82, 2.24) is 0 Å². The van der Waals surface area contributed by atoms with Crippen LogP contribution < -0.4 is 0 Å². The number of hydrogen-bond donors (Lipinski definition) is 0. The SMILES string of the molecule is O=S([O-])Cc1cc(F)cc(Cl)c1. The van der Waals surface area contributed by atoms with Crippen molar-refractivity contribution >= 4 is 22.7 Å². The van der Waals surface area contributed by atoms with E-state index in [4.69, 9.17) is 11.6 Å². The van der Waals surface area contributed by atoms with E-state index in [0.717, 1.165) is 12.1 Å². The third-order valence-electron chi connectivity index (χ3n) is 1.21. The third-order valence-corrected chi connectivity index (χ3v) is 1.99. The molecule has 0 amide bonds. The summed E-state index contributed by atoms with van der Waals surface area (Å²) in [4.78, 5) is 0. The normalized spacial score (nSPS) is 12.9. The van der Waals surface area contributed by atoms with Gasteiger partial charge in [0.05, 0.1) is 0 Å². The van der Waals surface area contributed by atoms with Gasteiger partial charge in [-0.05, 0) is 23.8 Å². The molecule has 1 atom stereocenters. The highest BCUT2D eigenvalue weighted by Gasteiger charge is 1.98. The summed E-state index contributed by atoms with van der Waals surface area (Å²) in [6.07, 6.45) is 0. The van der Waals surface area contributed by atoms with E-state index in [-0.39, 0.29) is 10.8 Å². The Morgan fingerprint density at radius 1 is 1.50 bits per heavy atom. The summed E-state index contributed by atoms with van der Waals surface area (Å²) in [6, 6.07) is 3.68. The molecule has 1 unspecified atom stereocenters. The highest BCUT2D eigenvalue weighted by Crippen LogP contribution is 2.14. The van der Waals surface area contributed by atoms with Gasteiger partial charge >= 0.3 is 0 Å². The summed E-state index contributed by atoms with van der Waals surface area (Å²) in [5.41, 5.74) is 0.355. The second-order valence-corrected chi connectivity index (χ2v) is 3.56. The van der Waals surface area contributed by atoms with E-state index in [1.807, 2.05) is 0 Å². The van der Waals surface area contributed by atoms with Crippen LogP contribution in [0, 0.1) is 5.82 Å². The lowest BCUT2D eigenvalue weighted by atomic mass is 10.2. The van der Waals surface area contributed by atoms with Gasteiger partial charge in [0.1, 0.15) is 5.82 Å². The molecule has 0 aliphatic carbocycles. The van der Waals surface area contributed by atoms with Gasteiger partial charge in [-0.3, -0.25) is 4.21 Å². The molecule has 0 aliphatic heterocycles. The van der Waals surface area contributed by atoms with Crippen LogP contribution in [0.15, 0.2) is 18.2 Å². The summed E-state index contributed by atoms with van der Waals surface area (Å²) in [6.45, 7) is 0. The fourth-order valence-corrected chi connectivity index (χ4v) is 1.51. The number of rotatable bonds is 2. The molecule has 1 rings (SSSR count). The van der Waals surface area contributed by atoms with Gasteiger partial charge in [-0.2, -0.15) is 0 Å². The minimum absolute atomic E-state index is 0.204. The van der Waals surface area contributed by atoms with E-state index >= 15 is 0 Å². The smallest absolute Gasteiger partial charge is 0.124 e. The number of hydrogen-bond acceptors (Lipinski definition) is 2. The van der Waals surface area contributed by atoms with Gasteiger partial charge in [0.15, 0.2) is 0 Å². The lowest BCUT2D eigenvalue weighted by Crippen LogP contribution is -1.93. The van der Waals surface area contributed by atoms with Gasteiger partial charge in [-0.25, -0.2) is 4.39 Å². The summed E-state index contributed by atoms with van der Waals surface area (Å²) < 4.78 is 33.0. The van der Waals surface area contributed by atoms with Gasteiger partial charge in [0.2, 0.25) is 0 Å². The molecule has 5 heteroatoms. The summed E-state index contributed by atoms with van der Waals surface area (Å²) in [5.74, 6) is -0.736. The van der Waals surface area contributed by atoms with Crippen LogP contribution in [0.3, 0.4) is 0 Å². The first-order valence-electron chi connectivity index (χ1n) is 3.09. The quantitative estimate of drug-likeness (QED) is 0.695. The van der Waals surface area contributed by atoms with E-state index in [1.165, 1.54) is 6.07 Å². The predicted molar refractivity (Wildman–Crippen MR) is 44.0 cm³/mol. The molecular formula is C7H5ClFO2S-. The summed E-state index contributed by atoms with van der Waals surface area (Å²) >= 11 is 3.28. The molecule has 0 radical (unpaired) electrons. The van der Waals surface area contributed by atoms with Crippen LogP contribution in [0.4, 0.5) is 4.39 Å². The van der Waals surface area contributed by atoms with Crippen molar-refractivity contribution < 1.29 is 13.2 Å². The van der Waals surface area contributed by atoms with Gasteiger partial charge in [0, 0.05) is 10.8 Å². The molecular weight excluding hydrogens is 203 g/mol. The number of benzene rings is 1. The van der Waals surface area contributed by atoms with E-state index in [0.29, 0.717) is 5.56 Å². The average molecular weight is 208 g/mol. The predicted octanol–water partition coefficient (Wildman–Crippen LogP) is 1.86. The molecule has 0 bridgehead atoms. The van der Waals surface area contributed by atoms with Gasteiger partial charge in [-0.15, -0.1) is 0 Å². The Kier molecular flexibility index (Phi) is 3.20. The maximum absolute atomic E-state index is 12.6. The van der Waals surface area contributed by atoms with Crippen LogP contribution >= 0.6 is 11.6 Å². The van der Waals surface area contributed by atoms with Crippen molar-refractivity contribution in [2.45, 2.75) is 5.75 Å². The molecule has 2 nitrogen and oxygen atoms in total. The highest BCUT2D eigenvalue weighted by atomic mass is 35.5. The van der Waals surface area contributed by atoms with Crippen LogP contribution in [-0.2, 0) is 16.8 Å². The van der Waals surface area contributed by atoms with Crippen molar-refractivity contribution in [1.29, 1.82) is 0 Å². The first-order chi connectivity index (χ1) is 5.58. The standard InChI is InChI=1S/C7H6ClFO2S/c8-6-1-5(4-12(10)11)2-7(9)3-6/h1-3H,4H2,(H,10,11)/p-1. The highest BCUT2D eigenvalue weighted by molar-refractivity contribution is 7.78. The Balaban J connectivity index is 2.93. The topological polar surface area (TPSA) is 40.1 Å². The van der Waals surface area contributed by atoms with Crippen LogP contribution in [0.2, 0.25) is 5.02 Å². The zero-order valence-corrected chi connectivity index (χ0v) is 7.49. The van der Waals surface area contributed by atoms with Gasteiger partial charge in [-0.1, -0.05) is 22.7 Å². The summed E-state index contributed by atoms with van der Waals surface area (Å²) in [7, 11) is 0. The molecule has 1 aromatic rings. The Labute approximate surface area is 76.6 Å². The molecule has 66 valence electrons. The van der Waals surface area contributed by atoms with Gasteiger partial charge < -0.3 is 4.55 Å². The average Bonchev–Trinajstić information content (AvgIpc) is 1.81. The fourth-order valence-electron chi connectivity index (χ4n) is 0.830. The lowest BCUT2D eigenvalue weighted by molar-refractivity contribution is 0.536. The van der Waals surface area contributed by atoms with E-state index in [2.05, 4.69) is 0 Å². The molecule has 0 N–H and O–H groups in total. The van der Waals surface area contributed by atoms with Crippen LogP contribution in [-0.4, -0.2) is 8.76 Å². The van der Waals surface area contributed by atoms with E-state index in [1.54, 1.807) is 0 Å². The Bertz CT molecular complexity index is 296. The first kappa shape index (κ1) is 9.64. The van der Waals surface area contributed by atoms with E-state index in [9.17, 15) is 13.2 Å². The molecule has 0 heterocycles. The van der Waals surface area contributed by atoms with Crippen molar-refractivity contribution in [2.75, 3.05) is 0 Å². The van der Waals surface area contributed by atoms with Crippen molar-refractivity contribution in [3.05, 3.63) is 34.6 Å². The van der Waals surface area contributed by atoms with Crippen molar-refractivity contribution in [2.24, 2.45) is 0 Å². The maximum Gasteiger partial charge on any atom is 0.124 e. The molecule has 0 fully saturated rings. The van der Waals surface area contributed by atoms with Crippen LogP contribution in [0.5, 0.6) is 0 Å². The minimum atomic E-state index is -2.21. The van der Waals surface area contributed by atoms with Gasteiger partial charge in [0.25, 0.3) is 0 Å². The summed E-state index contributed by atoms with van der Waals surface area (Å²) in [5, 5.41) is 0.204. The fraction of sp³-hybridized carbons (Fsp3) is 0.143. The molecule has 0 spiro atoms. The number of halogens is 2. The second-order valence-electron chi connectivity index (χ2n) is 2.23. The Morgan fingerprint density at radius 3 is 2.67 bits per heavy atom. The molecule has 0 saturated carbocycles. The Hall–Kier alpha value is -0.450. The third kappa shape index (κ3) is 2.89.